The van der Waals surface area contributed by atoms with Gasteiger partial charge in [0.05, 0.1) is 18.3 Å². The van der Waals surface area contributed by atoms with Crippen LogP contribution in [-0.4, -0.2) is 15.5 Å². The van der Waals surface area contributed by atoms with E-state index in [1.807, 2.05) is 73.3 Å². The van der Waals surface area contributed by atoms with E-state index in [1.165, 1.54) is 0 Å². The third-order valence-corrected chi connectivity index (χ3v) is 6.26. The first-order chi connectivity index (χ1) is 15.5. The van der Waals surface area contributed by atoms with Crippen LogP contribution < -0.4 is 5.32 Å². The third-order valence-electron chi connectivity index (χ3n) is 6.02. The molecule has 4 nitrogen and oxygen atoms in total. The molecule has 4 aromatic rings. The Morgan fingerprint density at radius 3 is 2.66 bits per heavy atom. The van der Waals surface area contributed by atoms with Crippen molar-refractivity contribution in [1.29, 1.82) is 0 Å². The fourth-order valence-corrected chi connectivity index (χ4v) is 4.62. The number of aryl methyl sites for hydroxylation is 2. The Labute approximate surface area is 193 Å². The number of carbonyl (C=O) groups excluding carboxylic acids is 1. The summed E-state index contributed by atoms with van der Waals surface area (Å²) in [6.45, 7) is 4.51. The highest BCUT2D eigenvalue weighted by Gasteiger charge is 2.33. The normalized spacial score (nSPS) is 15.0. The number of anilines is 1. The number of nitrogens with zero attached hydrogens (tertiary/aromatic N) is 2. The first kappa shape index (κ1) is 20.4. The lowest BCUT2D eigenvalue weighted by molar-refractivity contribution is 0.194. The van der Waals surface area contributed by atoms with E-state index in [2.05, 4.69) is 40.3 Å². The van der Waals surface area contributed by atoms with Crippen LogP contribution >= 0.6 is 11.6 Å². The van der Waals surface area contributed by atoms with Crippen molar-refractivity contribution in [1.82, 2.24) is 9.47 Å². The van der Waals surface area contributed by atoms with Crippen molar-refractivity contribution in [3.05, 3.63) is 118 Å². The lowest BCUT2D eigenvalue weighted by Crippen LogP contribution is -2.38. The van der Waals surface area contributed by atoms with Crippen molar-refractivity contribution >= 4 is 23.3 Å². The highest BCUT2D eigenvalue weighted by molar-refractivity contribution is 6.30. The number of fused-ring (bicyclic) bond motifs is 3. The Bertz CT molecular complexity index is 1310. The molecule has 0 bridgehead atoms. The maximum atomic E-state index is 13.8. The number of benzene rings is 3. The summed E-state index contributed by atoms with van der Waals surface area (Å²) in [6, 6.07) is 25.7. The molecule has 1 aromatic heterocycles. The van der Waals surface area contributed by atoms with Crippen LogP contribution in [0.3, 0.4) is 0 Å². The molecule has 5 rings (SSSR count). The molecule has 5 heteroatoms. The monoisotopic (exact) mass is 441 g/mol. The number of carbonyl (C=O) groups is 1. The van der Waals surface area contributed by atoms with Gasteiger partial charge in [-0.3, -0.25) is 0 Å². The van der Waals surface area contributed by atoms with Gasteiger partial charge < -0.3 is 14.8 Å². The molecule has 0 aliphatic carbocycles. The SMILES string of the molecule is Cc1ccc(C)c(NC(=O)N2Cc3ccccc3-n3cccc3C2c2cccc(Cl)c2)c1. The number of urea groups is 1. The molecule has 1 unspecified atom stereocenters. The van der Waals surface area contributed by atoms with E-state index in [4.69, 9.17) is 11.6 Å². The van der Waals surface area contributed by atoms with E-state index in [0.29, 0.717) is 11.6 Å². The molecule has 2 heterocycles. The molecular weight excluding hydrogens is 418 g/mol. The molecule has 3 aromatic carbocycles. The third kappa shape index (κ3) is 3.67. The summed E-state index contributed by atoms with van der Waals surface area (Å²) in [7, 11) is 0. The number of hydrogen-bond acceptors (Lipinski definition) is 1. The second-order valence-corrected chi connectivity index (χ2v) is 8.70. The van der Waals surface area contributed by atoms with Crippen LogP contribution in [0.5, 0.6) is 0 Å². The van der Waals surface area contributed by atoms with Crippen LogP contribution in [0, 0.1) is 13.8 Å². The fourth-order valence-electron chi connectivity index (χ4n) is 4.42. The Hall–Kier alpha value is -3.50. The van der Waals surface area contributed by atoms with Gasteiger partial charge in [0.1, 0.15) is 0 Å². The van der Waals surface area contributed by atoms with Crippen LogP contribution in [0.4, 0.5) is 10.5 Å². The lowest BCUT2D eigenvalue weighted by Gasteiger charge is -2.31. The van der Waals surface area contributed by atoms with Crippen molar-refractivity contribution in [3.8, 4) is 5.69 Å². The molecule has 32 heavy (non-hydrogen) atoms. The van der Waals surface area contributed by atoms with E-state index in [0.717, 1.165) is 39.3 Å². The molecule has 1 atom stereocenters. The van der Waals surface area contributed by atoms with Gasteiger partial charge in [0, 0.05) is 22.6 Å². The van der Waals surface area contributed by atoms with Gasteiger partial charge in [-0.15, -0.1) is 0 Å². The Kier molecular flexibility index (Phi) is 5.24. The predicted molar refractivity (Wildman–Crippen MR) is 130 cm³/mol. The first-order valence-corrected chi connectivity index (χ1v) is 11.0. The zero-order valence-electron chi connectivity index (χ0n) is 18.0. The van der Waals surface area contributed by atoms with Crippen LogP contribution in [-0.2, 0) is 6.54 Å². The van der Waals surface area contributed by atoms with Gasteiger partial charge in [-0.2, -0.15) is 0 Å². The van der Waals surface area contributed by atoms with Crippen molar-refractivity contribution in [3.63, 3.8) is 0 Å². The zero-order chi connectivity index (χ0) is 22.2. The van der Waals surface area contributed by atoms with Crippen LogP contribution in [0.15, 0.2) is 85.1 Å². The summed E-state index contributed by atoms with van der Waals surface area (Å²) in [5, 5.41) is 3.81. The van der Waals surface area contributed by atoms with Gasteiger partial charge in [-0.1, -0.05) is 54.1 Å². The Morgan fingerprint density at radius 1 is 0.969 bits per heavy atom. The van der Waals surface area contributed by atoms with Gasteiger partial charge in [-0.25, -0.2) is 4.79 Å². The quantitative estimate of drug-likeness (QED) is 0.361. The van der Waals surface area contributed by atoms with Gasteiger partial charge in [-0.05, 0) is 72.5 Å². The number of aromatic nitrogens is 1. The maximum Gasteiger partial charge on any atom is 0.322 e. The second kappa shape index (κ2) is 8.21. The first-order valence-electron chi connectivity index (χ1n) is 10.7. The second-order valence-electron chi connectivity index (χ2n) is 8.27. The topological polar surface area (TPSA) is 37.3 Å². The number of hydrogen-bond donors (Lipinski definition) is 1. The van der Waals surface area contributed by atoms with Crippen LogP contribution in [0.1, 0.15) is 34.0 Å². The molecule has 0 saturated carbocycles. The Balaban J connectivity index is 1.65. The fraction of sp³-hybridized carbons (Fsp3) is 0.148. The number of halogens is 1. The van der Waals surface area contributed by atoms with Gasteiger partial charge >= 0.3 is 6.03 Å². The average Bonchev–Trinajstić information content (AvgIpc) is 3.20. The van der Waals surface area contributed by atoms with Gasteiger partial charge in [0.2, 0.25) is 0 Å². The Morgan fingerprint density at radius 2 is 1.81 bits per heavy atom. The zero-order valence-corrected chi connectivity index (χ0v) is 18.8. The van der Waals surface area contributed by atoms with Crippen molar-refractivity contribution in [2.75, 3.05) is 5.32 Å². The molecule has 0 fully saturated rings. The number of para-hydroxylation sites is 1. The van der Waals surface area contributed by atoms with Crippen molar-refractivity contribution < 1.29 is 4.79 Å². The van der Waals surface area contributed by atoms with E-state index in [-0.39, 0.29) is 12.1 Å². The van der Waals surface area contributed by atoms with Crippen LogP contribution in [0.25, 0.3) is 5.69 Å². The standard InChI is InChI=1S/C27H24ClN3O/c1-18-12-13-19(2)23(15-18)29-27(32)31-17-21-7-3-4-10-24(21)30-14-6-11-25(30)26(31)20-8-5-9-22(28)16-20/h3-16,26H,17H2,1-2H3,(H,29,32). The lowest BCUT2D eigenvalue weighted by atomic mass is 10.0. The molecule has 2 amide bonds. The molecule has 0 radical (unpaired) electrons. The van der Waals surface area contributed by atoms with E-state index in [1.54, 1.807) is 0 Å². The summed E-state index contributed by atoms with van der Waals surface area (Å²) in [6.07, 6.45) is 2.05. The van der Waals surface area contributed by atoms with E-state index in [9.17, 15) is 4.79 Å². The summed E-state index contributed by atoms with van der Waals surface area (Å²) >= 11 is 6.36. The molecule has 0 spiro atoms. The van der Waals surface area contributed by atoms with Gasteiger partial charge in [0.25, 0.3) is 0 Å². The number of nitrogens with one attached hydrogen (secondary N) is 1. The average molecular weight is 442 g/mol. The van der Waals surface area contributed by atoms with Gasteiger partial charge in [0.15, 0.2) is 0 Å². The molecular formula is C27H24ClN3O. The summed E-state index contributed by atoms with van der Waals surface area (Å²) in [5.74, 6) is 0. The number of rotatable bonds is 2. The van der Waals surface area contributed by atoms with E-state index < -0.39 is 0 Å². The predicted octanol–water partition coefficient (Wildman–Crippen LogP) is 6.88. The summed E-state index contributed by atoms with van der Waals surface area (Å²) in [4.78, 5) is 15.7. The van der Waals surface area contributed by atoms with Crippen molar-refractivity contribution in [2.45, 2.75) is 26.4 Å². The minimum Gasteiger partial charge on any atom is -0.318 e. The largest absolute Gasteiger partial charge is 0.322 e. The summed E-state index contributed by atoms with van der Waals surface area (Å²) in [5.41, 5.74) is 7.13. The minimum absolute atomic E-state index is 0.145. The van der Waals surface area contributed by atoms with Crippen molar-refractivity contribution in [2.24, 2.45) is 0 Å². The minimum atomic E-state index is -0.291. The highest BCUT2D eigenvalue weighted by Crippen LogP contribution is 2.37. The van der Waals surface area contributed by atoms with E-state index >= 15 is 0 Å². The molecule has 1 aliphatic heterocycles. The smallest absolute Gasteiger partial charge is 0.318 e. The molecule has 160 valence electrons. The molecule has 1 aliphatic rings. The molecule has 1 N–H and O–H groups in total. The number of amides is 2. The highest BCUT2D eigenvalue weighted by atomic mass is 35.5. The molecule has 0 saturated heterocycles. The van der Waals surface area contributed by atoms with Crippen LogP contribution in [0.2, 0.25) is 5.02 Å². The summed E-state index contributed by atoms with van der Waals surface area (Å²) < 4.78 is 2.17. The maximum absolute atomic E-state index is 13.8.